The largest absolute Gasteiger partial charge is 0.355 e. The number of amides is 1. The Morgan fingerprint density at radius 2 is 2.27 bits per heavy atom. The van der Waals surface area contributed by atoms with Gasteiger partial charge in [-0.15, -0.1) is 11.7 Å². The van der Waals surface area contributed by atoms with Crippen LogP contribution in [0.15, 0.2) is 48.1 Å². The Kier molecular flexibility index (Phi) is 5.97. The van der Waals surface area contributed by atoms with E-state index in [1.54, 1.807) is 11.0 Å². The van der Waals surface area contributed by atoms with Crippen molar-refractivity contribution in [2.45, 2.75) is 13.0 Å². The molecule has 2 rings (SSSR count). The molecule has 0 radical (unpaired) electrons. The number of benzene rings is 1. The minimum Gasteiger partial charge on any atom is -0.355 e. The second-order valence-electron chi connectivity index (χ2n) is 4.69. The van der Waals surface area contributed by atoms with Crippen molar-refractivity contribution >= 4 is 40.2 Å². The summed E-state index contributed by atoms with van der Waals surface area (Å²) >= 11 is 6.62. The average Bonchev–Trinajstić information content (AvgIpc) is 2.87. The predicted molar refractivity (Wildman–Crippen MR) is 95.5 cm³/mol. The summed E-state index contributed by atoms with van der Waals surface area (Å²) in [5, 5.41) is 8.39. The van der Waals surface area contributed by atoms with E-state index < -0.39 is 0 Å². The van der Waals surface area contributed by atoms with Gasteiger partial charge in [-0.05, 0) is 24.7 Å². The van der Waals surface area contributed by atoms with Crippen molar-refractivity contribution in [1.29, 1.82) is 0 Å². The van der Waals surface area contributed by atoms with Gasteiger partial charge in [0.2, 0.25) is 5.91 Å². The molecule has 0 bridgehead atoms. The third kappa shape index (κ3) is 4.32. The zero-order valence-electron chi connectivity index (χ0n) is 12.3. The van der Waals surface area contributed by atoms with Crippen LogP contribution in [0.2, 0.25) is 0 Å². The third-order valence-electron chi connectivity index (χ3n) is 3.07. The zero-order chi connectivity index (χ0) is 15.9. The fraction of sp³-hybridized carbons (Fsp3) is 0.267. The lowest BCUT2D eigenvalue weighted by Crippen LogP contribution is -2.36. The van der Waals surface area contributed by atoms with Crippen LogP contribution >= 0.6 is 24.0 Å². The summed E-state index contributed by atoms with van der Waals surface area (Å²) in [5.41, 5.74) is 3.93. The molecule has 2 N–H and O–H groups in total. The predicted octanol–water partition coefficient (Wildman–Crippen LogP) is 2.24. The Hall–Kier alpha value is -1.86. The molecule has 116 valence electrons. The Morgan fingerprint density at radius 3 is 2.95 bits per heavy atom. The molecule has 1 fully saturated rings. The molecule has 1 heterocycles. The van der Waals surface area contributed by atoms with E-state index in [9.17, 15) is 4.79 Å². The van der Waals surface area contributed by atoms with Crippen molar-refractivity contribution in [2.24, 2.45) is 5.10 Å². The van der Waals surface area contributed by atoms with Crippen LogP contribution < -0.4 is 10.7 Å². The quantitative estimate of drug-likeness (QED) is 0.491. The summed E-state index contributed by atoms with van der Waals surface area (Å²) in [6.45, 7) is 6.12. The van der Waals surface area contributed by atoms with Crippen LogP contribution in [-0.2, 0) is 4.79 Å². The molecule has 1 amide bonds. The molecule has 0 spiro atoms. The van der Waals surface area contributed by atoms with Gasteiger partial charge < -0.3 is 5.32 Å². The highest BCUT2D eigenvalue weighted by atomic mass is 32.2. The Balaban J connectivity index is 1.91. The van der Waals surface area contributed by atoms with Crippen LogP contribution in [-0.4, -0.2) is 33.4 Å². The van der Waals surface area contributed by atoms with Crippen LogP contribution in [0, 0.1) is 0 Å². The topological polar surface area (TPSA) is 56.7 Å². The van der Waals surface area contributed by atoms with Crippen LogP contribution in [0.4, 0.5) is 0 Å². The summed E-state index contributed by atoms with van der Waals surface area (Å²) in [5.74, 6) is 0.427. The van der Waals surface area contributed by atoms with Crippen molar-refractivity contribution in [3.63, 3.8) is 0 Å². The van der Waals surface area contributed by atoms with Crippen LogP contribution in [0.3, 0.4) is 0 Å². The number of amidine groups is 1. The van der Waals surface area contributed by atoms with Gasteiger partial charge in [0, 0.05) is 6.54 Å². The monoisotopic (exact) mass is 334 g/mol. The van der Waals surface area contributed by atoms with E-state index >= 15 is 0 Å². The number of nitrogens with one attached hydrogen (secondary N) is 2. The number of rotatable bonds is 5. The van der Waals surface area contributed by atoms with Gasteiger partial charge in [0.1, 0.15) is 0 Å². The highest BCUT2D eigenvalue weighted by molar-refractivity contribution is 8.15. The molecule has 22 heavy (non-hydrogen) atoms. The van der Waals surface area contributed by atoms with Gasteiger partial charge in [0.25, 0.3) is 0 Å². The molecule has 5 nitrogen and oxygen atoms in total. The number of thioether (sulfide) groups is 1. The van der Waals surface area contributed by atoms with Gasteiger partial charge in [0.15, 0.2) is 10.3 Å². The lowest BCUT2D eigenvalue weighted by atomic mass is 10.1. The molecule has 1 unspecified atom stereocenters. The number of carbonyl (C=O) groups excluding carboxylic acids is 1. The van der Waals surface area contributed by atoms with E-state index in [-0.39, 0.29) is 11.9 Å². The smallest absolute Gasteiger partial charge is 0.239 e. The fourth-order valence-corrected chi connectivity index (χ4v) is 3.02. The molecule has 1 aromatic carbocycles. The number of hydrogen-bond acceptors (Lipinski definition) is 4. The van der Waals surface area contributed by atoms with Crippen LogP contribution in [0.25, 0.3) is 0 Å². The number of hydrazone groups is 1. The minimum atomic E-state index is 0.0296. The van der Waals surface area contributed by atoms with Crippen molar-refractivity contribution < 1.29 is 4.79 Å². The molecule has 0 saturated carbocycles. The lowest BCUT2D eigenvalue weighted by molar-refractivity contribution is -0.123. The van der Waals surface area contributed by atoms with Gasteiger partial charge in [-0.3, -0.25) is 15.1 Å². The van der Waals surface area contributed by atoms with E-state index in [1.165, 1.54) is 11.8 Å². The van der Waals surface area contributed by atoms with Gasteiger partial charge >= 0.3 is 0 Å². The van der Waals surface area contributed by atoms with Crippen molar-refractivity contribution in [3.05, 3.63) is 48.6 Å². The third-order valence-corrected chi connectivity index (χ3v) is 4.24. The van der Waals surface area contributed by atoms with Crippen molar-refractivity contribution in [1.82, 2.24) is 15.6 Å². The van der Waals surface area contributed by atoms with Gasteiger partial charge in [-0.2, -0.15) is 0 Å². The first-order chi connectivity index (χ1) is 10.6. The lowest BCUT2D eigenvalue weighted by Gasteiger charge is -2.17. The Labute approximate surface area is 139 Å². The van der Waals surface area contributed by atoms with Crippen molar-refractivity contribution in [2.75, 3.05) is 12.3 Å². The maximum absolute atomic E-state index is 11.7. The molecule has 0 aliphatic carbocycles. The molecule has 0 aromatic heterocycles. The first-order valence-corrected chi connectivity index (χ1v) is 8.24. The molecule has 1 aliphatic rings. The summed E-state index contributed by atoms with van der Waals surface area (Å²) < 4.78 is 0. The van der Waals surface area contributed by atoms with Crippen LogP contribution in [0.5, 0.6) is 0 Å². The molecule has 1 saturated heterocycles. The number of carbonyl (C=O) groups is 1. The van der Waals surface area contributed by atoms with Gasteiger partial charge in [-0.25, -0.2) is 0 Å². The summed E-state index contributed by atoms with van der Waals surface area (Å²) in [6.07, 6.45) is 1.67. The van der Waals surface area contributed by atoms with E-state index in [4.69, 9.17) is 12.2 Å². The fourth-order valence-electron chi connectivity index (χ4n) is 1.94. The normalized spacial score (nSPS) is 17.4. The molecule has 1 aromatic rings. The van der Waals surface area contributed by atoms with E-state index in [2.05, 4.69) is 22.4 Å². The van der Waals surface area contributed by atoms with Crippen LogP contribution in [0.1, 0.15) is 18.5 Å². The molecular weight excluding hydrogens is 316 g/mol. The molecule has 1 atom stereocenters. The Bertz CT molecular complexity index is 588. The maximum atomic E-state index is 11.7. The Morgan fingerprint density at radius 1 is 1.55 bits per heavy atom. The zero-order valence-corrected chi connectivity index (χ0v) is 13.9. The van der Waals surface area contributed by atoms with E-state index in [0.29, 0.717) is 22.6 Å². The van der Waals surface area contributed by atoms with Gasteiger partial charge in [-0.1, -0.05) is 48.2 Å². The highest BCUT2D eigenvalue weighted by Gasteiger charge is 2.27. The molecule has 7 heteroatoms. The summed E-state index contributed by atoms with van der Waals surface area (Å²) in [7, 11) is 0. The minimum absolute atomic E-state index is 0.0296. The standard InChI is InChI=1S/C15H18N4OS2/c1-3-9-19-13(20)10-22-15(19)18-17-14(21)16-11(2)12-7-5-4-6-8-12/h3-8,11H,1,9-10H2,2H3,(H2,16,17,21)/b18-15-. The summed E-state index contributed by atoms with van der Waals surface area (Å²) in [6, 6.07) is 10.1. The second kappa shape index (κ2) is 7.95. The summed E-state index contributed by atoms with van der Waals surface area (Å²) in [4.78, 5) is 13.3. The maximum Gasteiger partial charge on any atom is 0.239 e. The highest BCUT2D eigenvalue weighted by Crippen LogP contribution is 2.18. The molecular formula is C15H18N4OS2. The average molecular weight is 334 g/mol. The second-order valence-corrected chi connectivity index (χ2v) is 6.04. The number of nitrogens with zero attached hydrogens (tertiary/aromatic N) is 2. The number of thiocarbonyl (C=S) groups is 1. The van der Waals surface area contributed by atoms with E-state index in [0.717, 1.165) is 5.56 Å². The first kappa shape index (κ1) is 16.5. The number of hydrogen-bond donors (Lipinski definition) is 2. The van der Waals surface area contributed by atoms with Gasteiger partial charge in [0.05, 0.1) is 11.8 Å². The molecule has 1 aliphatic heterocycles. The first-order valence-electron chi connectivity index (χ1n) is 6.85. The van der Waals surface area contributed by atoms with Crippen molar-refractivity contribution in [3.8, 4) is 0 Å². The SMILES string of the molecule is C=CCN1C(=O)CS/C1=N\NC(=S)NC(C)c1ccccc1. The van der Waals surface area contributed by atoms with E-state index in [1.807, 2.05) is 37.3 Å².